The molecule has 0 radical (unpaired) electrons. The molecule has 8 nitrogen and oxygen atoms in total. The molecule has 5 atom stereocenters. The Morgan fingerprint density at radius 2 is 1.77 bits per heavy atom. The standard InChI is InChI=1S/C27H33N3O5/c1-4-12-28-13-6-10-19-20(24(28)32)21-25(33)30(15-16-31)23-26(34)29(14-7-11-27(21,23)35-19)22-17(2)8-5-9-18(22)3/h5-11,19-21,23,31H,4,12-16H2,1-3H3/t19-,20+,21+,23?,27+/m1/s1. The number of β-amino-alcohol motifs (C(OH)–C–C–N with tert-alkyl or cyclic N) is 1. The zero-order valence-electron chi connectivity index (χ0n) is 20.5. The first-order chi connectivity index (χ1) is 16.9. The van der Waals surface area contributed by atoms with Crippen molar-refractivity contribution in [3.63, 3.8) is 0 Å². The molecule has 1 aromatic carbocycles. The molecule has 8 heteroatoms. The first-order valence-corrected chi connectivity index (χ1v) is 12.5. The van der Waals surface area contributed by atoms with E-state index in [1.807, 2.05) is 63.3 Å². The number of amides is 3. The monoisotopic (exact) mass is 479 g/mol. The summed E-state index contributed by atoms with van der Waals surface area (Å²) in [5, 5.41) is 9.80. The van der Waals surface area contributed by atoms with Gasteiger partial charge in [-0.25, -0.2) is 0 Å². The Bertz CT molecular complexity index is 1090. The number of ether oxygens (including phenoxy) is 1. The molecule has 0 saturated carbocycles. The number of rotatable bonds is 5. The number of anilines is 1. The number of aliphatic hydroxyl groups is 1. The Balaban J connectivity index is 1.62. The Labute approximate surface area is 205 Å². The van der Waals surface area contributed by atoms with Gasteiger partial charge in [-0.05, 0) is 31.4 Å². The SMILES string of the molecule is CCCN1CC=C[C@H]2O[C@]34C=CCN(c5c(C)cccc5C)C(=O)C3N(CCO)C(=O)[C@@H]4[C@H]2C1=O. The van der Waals surface area contributed by atoms with Crippen LogP contribution >= 0.6 is 0 Å². The summed E-state index contributed by atoms with van der Waals surface area (Å²) in [6.07, 6.45) is 7.74. The van der Waals surface area contributed by atoms with Crippen molar-refractivity contribution in [2.24, 2.45) is 11.8 Å². The number of aliphatic hydroxyl groups excluding tert-OH is 1. The van der Waals surface area contributed by atoms with Gasteiger partial charge in [0.25, 0.3) is 5.91 Å². The van der Waals surface area contributed by atoms with Gasteiger partial charge in [0.2, 0.25) is 11.8 Å². The minimum absolute atomic E-state index is 0.00533. The predicted molar refractivity (Wildman–Crippen MR) is 131 cm³/mol. The van der Waals surface area contributed by atoms with E-state index in [1.165, 1.54) is 4.90 Å². The molecule has 5 rings (SSSR count). The normalized spacial score (nSPS) is 32.0. The molecule has 186 valence electrons. The number of hydrogen-bond acceptors (Lipinski definition) is 5. The van der Waals surface area contributed by atoms with Gasteiger partial charge in [0.15, 0.2) is 0 Å². The number of para-hydroxylation sites is 1. The van der Waals surface area contributed by atoms with Gasteiger partial charge >= 0.3 is 0 Å². The Morgan fingerprint density at radius 3 is 2.46 bits per heavy atom. The van der Waals surface area contributed by atoms with Crippen molar-refractivity contribution in [3.8, 4) is 0 Å². The molecule has 0 bridgehead atoms. The lowest BCUT2D eigenvalue weighted by atomic mass is 9.77. The van der Waals surface area contributed by atoms with Gasteiger partial charge in [-0.3, -0.25) is 14.4 Å². The van der Waals surface area contributed by atoms with Crippen molar-refractivity contribution in [1.29, 1.82) is 0 Å². The smallest absolute Gasteiger partial charge is 0.253 e. The highest BCUT2D eigenvalue weighted by molar-refractivity contribution is 6.06. The molecule has 35 heavy (non-hydrogen) atoms. The summed E-state index contributed by atoms with van der Waals surface area (Å²) in [6, 6.07) is 4.92. The number of hydrogen-bond donors (Lipinski definition) is 1. The molecular weight excluding hydrogens is 446 g/mol. The maximum Gasteiger partial charge on any atom is 0.253 e. The van der Waals surface area contributed by atoms with E-state index in [0.717, 1.165) is 23.2 Å². The molecule has 1 N–H and O–H groups in total. The van der Waals surface area contributed by atoms with Gasteiger partial charge in [0.05, 0.1) is 24.5 Å². The molecule has 0 aliphatic carbocycles. The number of likely N-dealkylation sites (tertiary alicyclic amines) is 1. The van der Waals surface area contributed by atoms with E-state index in [-0.39, 0.29) is 30.9 Å². The third kappa shape index (κ3) is 3.45. The van der Waals surface area contributed by atoms with Crippen LogP contribution in [-0.4, -0.2) is 83.2 Å². The number of fused-ring (bicyclic) bond motifs is 2. The first kappa shape index (κ1) is 23.8. The Hall–Kier alpha value is -2.97. The van der Waals surface area contributed by atoms with Crippen molar-refractivity contribution >= 4 is 23.4 Å². The van der Waals surface area contributed by atoms with Crippen molar-refractivity contribution in [3.05, 3.63) is 53.6 Å². The van der Waals surface area contributed by atoms with Crippen LogP contribution in [0.1, 0.15) is 24.5 Å². The summed E-state index contributed by atoms with van der Waals surface area (Å²) < 4.78 is 6.59. The number of carbonyl (C=O) groups excluding carboxylic acids is 3. The van der Waals surface area contributed by atoms with Gasteiger partial charge in [-0.1, -0.05) is 49.4 Å². The summed E-state index contributed by atoms with van der Waals surface area (Å²) in [4.78, 5) is 46.7. The minimum Gasteiger partial charge on any atom is -0.395 e. The fourth-order valence-corrected chi connectivity index (χ4v) is 6.44. The summed E-state index contributed by atoms with van der Waals surface area (Å²) in [6.45, 7) is 7.07. The molecular formula is C27H33N3O5. The second kappa shape index (κ2) is 8.91. The summed E-state index contributed by atoms with van der Waals surface area (Å²) in [7, 11) is 0. The zero-order valence-corrected chi connectivity index (χ0v) is 20.5. The van der Waals surface area contributed by atoms with Crippen LogP contribution < -0.4 is 4.90 Å². The van der Waals surface area contributed by atoms with E-state index in [0.29, 0.717) is 19.6 Å². The number of benzene rings is 1. The molecule has 2 fully saturated rings. The predicted octanol–water partition coefficient (Wildman–Crippen LogP) is 1.59. The summed E-state index contributed by atoms with van der Waals surface area (Å²) >= 11 is 0. The molecule has 4 aliphatic heterocycles. The van der Waals surface area contributed by atoms with Gasteiger partial charge in [0, 0.05) is 31.9 Å². The Morgan fingerprint density at radius 1 is 1.03 bits per heavy atom. The summed E-state index contributed by atoms with van der Waals surface area (Å²) in [5.41, 5.74) is 1.47. The van der Waals surface area contributed by atoms with E-state index in [9.17, 15) is 19.5 Å². The topological polar surface area (TPSA) is 90.4 Å². The lowest BCUT2D eigenvalue weighted by Gasteiger charge is -2.35. The van der Waals surface area contributed by atoms with E-state index in [1.54, 1.807) is 9.80 Å². The number of aryl methyl sites for hydroxylation is 2. The quantitative estimate of drug-likeness (QED) is 0.648. The average Bonchev–Trinajstić information content (AvgIpc) is 3.13. The van der Waals surface area contributed by atoms with Crippen LogP contribution in [0.5, 0.6) is 0 Å². The molecule has 2 saturated heterocycles. The molecule has 1 aromatic rings. The van der Waals surface area contributed by atoms with E-state index in [2.05, 4.69) is 0 Å². The van der Waals surface area contributed by atoms with Crippen LogP contribution in [0.3, 0.4) is 0 Å². The third-order valence-electron chi connectivity index (χ3n) is 7.79. The lowest BCUT2D eigenvalue weighted by molar-refractivity contribution is -0.144. The van der Waals surface area contributed by atoms with Crippen molar-refractivity contribution < 1.29 is 24.2 Å². The molecule has 1 unspecified atom stereocenters. The van der Waals surface area contributed by atoms with E-state index >= 15 is 0 Å². The molecule has 3 amide bonds. The molecule has 1 spiro atoms. The van der Waals surface area contributed by atoms with Gasteiger partial charge in [-0.15, -0.1) is 0 Å². The largest absolute Gasteiger partial charge is 0.395 e. The fraction of sp³-hybridized carbons (Fsp3) is 0.519. The van der Waals surface area contributed by atoms with Crippen molar-refractivity contribution in [2.45, 2.75) is 44.9 Å². The van der Waals surface area contributed by atoms with Crippen molar-refractivity contribution in [2.75, 3.05) is 37.7 Å². The third-order valence-corrected chi connectivity index (χ3v) is 7.79. The summed E-state index contributed by atoms with van der Waals surface area (Å²) in [5.74, 6) is -2.20. The van der Waals surface area contributed by atoms with Gasteiger partial charge in [0.1, 0.15) is 11.6 Å². The molecule has 0 aromatic heterocycles. The van der Waals surface area contributed by atoms with Crippen molar-refractivity contribution in [1.82, 2.24) is 9.80 Å². The van der Waals surface area contributed by atoms with E-state index < -0.39 is 29.6 Å². The van der Waals surface area contributed by atoms with Crippen LogP contribution in [0.2, 0.25) is 0 Å². The Kier molecular flexibility index (Phi) is 6.05. The van der Waals surface area contributed by atoms with Crippen LogP contribution in [0.4, 0.5) is 5.69 Å². The highest BCUT2D eigenvalue weighted by atomic mass is 16.5. The van der Waals surface area contributed by atoms with Gasteiger partial charge < -0.3 is 24.5 Å². The second-order valence-electron chi connectivity index (χ2n) is 9.90. The first-order valence-electron chi connectivity index (χ1n) is 12.5. The van der Waals surface area contributed by atoms with Crippen LogP contribution in [0, 0.1) is 25.7 Å². The highest BCUT2D eigenvalue weighted by Crippen LogP contribution is 2.53. The maximum absolute atomic E-state index is 14.2. The maximum atomic E-state index is 14.2. The highest BCUT2D eigenvalue weighted by Gasteiger charge is 2.71. The average molecular weight is 480 g/mol. The lowest BCUT2D eigenvalue weighted by Crippen LogP contribution is -2.56. The minimum atomic E-state index is -1.26. The van der Waals surface area contributed by atoms with Gasteiger partial charge in [-0.2, -0.15) is 0 Å². The fourth-order valence-electron chi connectivity index (χ4n) is 6.44. The molecule has 4 heterocycles. The van der Waals surface area contributed by atoms with Crippen LogP contribution in [-0.2, 0) is 19.1 Å². The van der Waals surface area contributed by atoms with Crippen LogP contribution in [0.25, 0.3) is 0 Å². The molecule has 4 aliphatic rings. The second-order valence-corrected chi connectivity index (χ2v) is 9.90. The van der Waals surface area contributed by atoms with Crippen LogP contribution in [0.15, 0.2) is 42.5 Å². The van der Waals surface area contributed by atoms with E-state index in [4.69, 9.17) is 4.74 Å². The zero-order chi connectivity index (χ0) is 24.9. The number of carbonyl (C=O) groups is 3. The number of nitrogens with zero attached hydrogens (tertiary/aromatic N) is 3.